The first-order chi connectivity index (χ1) is 8.26. The van der Waals surface area contributed by atoms with E-state index in [0.29, 0.717) is 0 Å². The standard InChI is InChI=1S/C13H15BrN2O2/c1-8-5-11-9(6-10(8)14)7-16(15-11)12(17)18-13(2,3)4/h5-7H,1-4H3. The van der Waals surface area contributed by atoms with Gasteiger partial charge in [-0.1, -0.05) is 15.9 Å². The molecule has 0 saturated carbocycles. The van der Waals surface area contributed by atoms with Crippen LogP contribution in [0.1, 0.15) is 26.3 Å². The van der Waals surface area contributed by atoms with Gasteiger partial charge in [0.05, 0.1) is 5.52 Å². The summed E-state index contributed by atoms with van der Waals surface area (Å²) in [5.74, 6) is 0. The number of fused-ring (bicyclic) bond motifs is 1. The average molecular weight is 311 g/mol. The Hall–Kier alpha value is -1.36. The van der Waals surface area contributed by atoms with Gasteiger partial charge in [-0.15, -0.1) is 0 Å². The number of halogens is 1. The average Bonchev–Trinajstić information content (AvgIpc) is 2.59. The van der Waals surface area contributed by atoms with Crippen molar-refractivity contribution in [3.05, 3.63) is 28.4 Å². The second-order valence-electron chi connectivity index (χ2n) is 5.21. The van der Waals surface area contributed by atoms with E-state index in [1.165, 1.54) is 4.68 Å². The molecule has 5 heteroatoms. The number of rotatable bonds is 0. The Bertz CT molecular complexity index is 572. The van der Waals surface area contributed by atoms with Gasteiger partial charge in [0.2, 0.25) is 0 Å². The number of benzene rings is 1. The highest BCUT2D eigenvalue weighted by Crippen LogP contribution is 2.23. The quantitative estimate of drug-likeness (QED) is 0.741. The maximum atomic E-state index is 11.9. The lowest BCUT2D eigenvalue weighted by molar-refractivity contribution is 0.0516. The van der Waals surface area contributed by atoms with Crippen molar-refractivity contribution >= 4 is 32.9 Å². The van der Waals surface area contributed by atoms with Crippen molar-refractivity contribution in [2.75, 3.05) is 0 Å². The molecule has 0 unspecified atom stereocenters. The van der Waals surface area contributed by atoms with E-state index in [9.17, 15) is 4.79 Å². The van der Waals surface area contributed by atoms with Crippen LogP contribution in [0.25, 0.3) is 10.9 Å². The van der Waals surface area contributed by atoms with Crippen molar-refractivity contribution in [2.45, 2.75) is 33.3 Å². The highest BCUT2D eigenvalue weighted by molar-refractivity contribution is 9.10. The molecule has 1 aromatic heterocycles. The molecule has 4 nitrogen and oxygen atoms in total. The first-order valence-electron chi connectivity index (χ1n) is 5.65. The molecule has 0 aliphatic carbocycles. The Balaban J connectivity index is 2.39. The minimum atomic E-state index is -0.522. The zero-order chi connectivity index (χ0) is 13.5. The molecule has 0 radical (unpaired) electrons. The van der Waals surface area contributed by atoms with Crippen molar-refractivity contribution in [2.24, 2.45) is 0 Å². The van der Waals surface area contributed by atoms with Crippen LogP contribution in [0.5, 0.6) is 0 Å². The lowest BCUT2D eigenvalue weighted by Crippen LogP contribution is -2.27. The van der Waals surface area contributed by atoms with E-state index in [-0.39, 0.29) is 0 Å². The van der Waals surface area contributed by atoms with Crippen molar-refractivity contribution in [3.63, 3.8) is 0 Å². The van der Waals surface area contributed by atoms with Crippen molar-refractivity contribution < 1.29 is 9.53 Å². The molecule has 0 saturated heterocycles. The summed E-state index contributed by atoms with van der Waals surface area (Å²) in [6.45, 7) is 7.47. The zero-order valence-electron chi connectivity index (χ0n) is 10.8. The highest BCUT2D eigenvalue weighted by Gasteiger charge is 2.19. The molecule has 2 aromatic rings. The number of carbonyl (C=O) groups is 1. The van der Waals surface area contributed by atoms with Gasteiger partial charge in [0.1, 0.15) is 5.60 Å². The number of hydrogen-bond donors (Lipinski definition) is 0. The van der Waals surface area contributed by atoms with Crippen LogP contribution in [-0.4, -0.2) is 21.5 Å². The predicted octanol–water partition coefficient (Wildman–Crippen LogP) is 3.89. The topological polar surface area (TPSA) is 44.1 Å². The van der Waals surface area contributed by atoms with Gasteiger partial charge in [-0.3, -0.25) is 0 Å². The maximum Gasteiger partial charge on any atom is 0.435 e. The van der Waals surface area contributed by atoms with Gasteiger partial charge in [-0.25, -0.2) is 4.79 Å². The summed E-state index contributed by atoms with van der Waals surface area (Å²) >= 11 is 3.46. The normalized spacial score (nSPS) is 11.8. The zero-order valence-corrected chi connectivity index (χ0v) is 12.4. The molecule has 0 amide bonds. The number of aryl methyl sites for hydroxylation is 1. The molecule has 1 heterocycles. The monoisotopic (exact) mass is 310 g/mol. The fourth-order valence-corrected chi connectivity index (χ4v) is 1.91. The number of carbonyl (C=O) groups excluding carboxylic acids is 1. The van der Waals surface area contributed by atoms with E-state index < -0.39 is 11.7 Å². The second-order valence-corrected chi connectivity index (χ2v) is 6.07. The molecule has 0 N–H and O–H groups in total. The maximum absolute atomic E-state index is 11.9. The summed E-state index contributed by atoms with van der Waals surface area (Å²) in [4.78, 5) is 11.9. The highest BCUT2D eigenvalue weighted by atomic mass is 79.9. The van der Waals surface area contributed by atoms with Gasteiger partial charge in [0.15, 0.2) is 0 Å². The number of aromatic nitrogens is 2. The summed E-state index contributed by atoms with van der Waals surface area (Å²) in [6.07, 6.45) is 1.21. The van der Waals surface area contributed by atoms with Crippen LogP contribution < -0.4 is 0 Å². The summed E-state index contributed by atoms with van der Waals surface area (Å²) in [7, 11) is 0. The Morgan fingerprint density at radius 2 is 2.06 bits per heavy atom. The predicted molar refractivity (Wildman–Crippen MR) is 73.8 cm³/mol. The van der Waals surface area contributed by atoms with E-state index in [1.807, 2.05) is 39.8 Å². The van der Waals surface area contributed by atoms with Crippen LogP contribution in [0, 0.1) is 6.92 Å². The largest absolute Gasteiger partial charge is 0.442 e. The molecule has 0 fully saturated rings. The summed E-state index contributed by atoms with van der Waals surface area (Å²) in [5, 5.41) is 5.12. The van der Waals surface area contributed by atoms with Gasteiger partial charge in [-0.2, -0.15) is 9.78 Å². The van der Waals surface area contributed by atoms with E-state index in [0.717, 1.165) is 20.9 Å². The van der Waals surface area contributed by atoms with E-state index >= 15 is 0 Å². The van der Waals surface area contributed by atoms with Crippen molar-refractivity contribution in [1.82, 2.24) is 9.78 Å². The molecule has 96 valence electrons. The van der Waals surface area contributed by atoms with Crippen LogP contribution in [0.15, 0.2) is 22.8 Å². The lowest BCUT2D eigenvalue weighted by Gasteiger charge is -2.18. The van der Waals surface area contributed by atoms with Gasteiger partial charge in [-0.05, 0) is 45.4 Å². The Morgan fingerprint density at radius 1 is 1.39 bits per heavy atom. The van der Waals surface area contributed by atoms with Crippen LogP contribution in [-0.2, 0) is 4.74 Å². The molecule has 2 rings (SSSR count). The molecule has 0 aliphatic rings. The third kappa shape index (κ3) is 2.72. The van der Waals surface area contributed by atoms with Crippen LogP contribution in [0.3, 0.4) is 0 Å². The SMILES string of the molecule is Cc1cc2nn(C(=O)OC(C)(C)C)cc2cc1Br. The fourth-order valence-electron chi connectivity index (χ4n) is 1.55. The van der Waals surface area contributed by atoms with Crippen LogP contribution >= 0.6 is 15.9 Å². The minimum absolute atomic E-state index is 0.465. The third-order valence-electron chi connectivity index (χ3n) is 2.37. The summed E-state index contributed by atoms with van der Waals surface area (Å²) in [5.41, 5.74) is 1.34. The number of ether oxygens (including phenoxy) is 1. The smallest absolute Gasteiger partial charge is 0.435 e. The summed E-state index contributed by atoms with van der Waals surface area (Å²) < 4.78 is 7.50. The minimum Gasteiger partial charge on any atom is -0.442 e. The molecular formula is C13H15BrN2O2. The molecule has 0 spiro atoms. The van der Waals surface area contributed by atoms with Crippen LogP contribution in [0.2, 0.25) is 0 Å². The van der Waals surface area contributed by atoms with Gasteiger partial charge in [0.25, 0.3) is 0 Å². The Morgan fingerprint density at radius 3 is 2.67 bits per heavy atom. The van der Waals surface area contributed by atoms with Gasteiger partial charge < -0.3 is 4.74 Å². The Kier molecular flexibility index (Phi) is 3.19. The molecule has 0 aliphatic heterocycles. The van der Waals surface area contributed by atoms with Gasteiger partial charge >= 0.3 is 6.09 Å². The molecular weight excluding hydrogens is 296 g/mol. The number of nitrogens with zero attached hydrogens (tertiary/aromatic N) is 2. The fraction of sp³-hybridized carbons (Fsp3) is 0.385. The lowest BCUT2D eigenvalue weighted by atomic mass is 10.2. The van der Waals surface area contributed by atoms with Crippen molar-refractivity contribution in [1.29, 1.82) is 0 Å². The van der Waals surface area contributed by atoms with Gasteiger partial charge in [0, 0.05) is 16.1 Å². The van der Waals surface area contributed by atoms with Crippen LogP contribution in [0.4, 0.5) is 4.79 Å². The first-order valence-corrected chi connectivity index (χ1v) is 6.44. The van der Waals surface area contributed by atoms with E-state index in [2.05, 4.69) is 21.0 Å². The van der Waals surface area contributed by atoms with Crippen molar-refractivity contribution in [3.8, 4) is 0 Å². The molecule has 0 bridgehead atoms. The molecule has 0 atom stereocenters. The van der Waals surface area contributed by atoms with E-state index in [1.54, 1.807) is 6.20 Å². The third-order valence-corrected chi connectivity index (χ3v) is 3.22. The molecule has 18 heavy (non-hydrogen) atoms. The first kappa shape index (κ1) is 13.1. The summed E-state index contributed by atoms with van der Waals surface area (Å²) in [6, 6.07) is 3.87. The molecule has 1 aromatic carbocycles. The van der Waals surface area contributed by atoms with E-state index in [4.69, 9.17) is 4.74 Å². The number of hydrogen-bond acceptors (Lipinski definition) is 3. The Labute approximate surface area is 114 Å². The second kappa shape index (κ2) is 4.39.